The number of urea groups is 1. The molecule has 0 spiro atoms. The number of halogens is 1. The van der Waals surface area contributed by atoms with Crippen LogP contribution in [0.1, 0.15) is 22.3 Å². The van der Waals surface area contributed by atoms with Crippen molar-refractivity contribution < 1.29 is 9.59 Å². The molecule has 2 heterocycles. The Morgan fingerprint density at radius 3 is 2.86 bits per heavy atom. The van der Waals surface area contributed by atoms with E-state index in [2.05, 4.69) is 26.3 Å². The van der Waals surface area contributed by atoms with Crippen LogP contribution in [-0.4, -0.2) is 36.1 Å². The maximum Gasteiger partial charge on any atom is 0.321 e. The van der Waals surface area contributed by atoms with E-state index >= 15 is 0 Å². The summed E-state index contributed by atoms with van der Waals surface area (Å²) in [5.41, 5.74) is 2.70. The Hall–Kier alpha value is -2.68. The van der Waals surface area contributed by atoms with Crippen LogP contribution in [0.25, 0.3) is 10.2 Å². The fourth-order valence-electron chi connectivity index (χ4n) is 3.19. The molecule has 0 bridgehead atoms. The van der Waals surface area contributed by atoms with Gasteiger partial charge in [-0.3, -0.25) is 10.1 Å². The summed E-state index contributed by atoms with van der Waals surface area (Å²) in [5, 5.41) is 12.7. The lowest BCUT2D eigenvalue weighted by Gasteiger charge is -2.10. The van der Waals surface area contributed by atoms with Crippen LogP contribution in [0.4, 0.5) is 15.6 Å². The van der Waals surface area contributed by atoms with E-state index in [0.29, 0.717) is 21.4 Å². The Bertz CT molecular complexity index is 1060. The van der Waals surface area contributed by atoms with E-state index in [1.54, 1.807) is 24.3 Å². The number of hydrogen-bond acceptors (Lipinski definition) is 5. The van der Waals surface area contributed by atoms with Gasteiger partial charge in [0.05, 0.1) is 20.9 Å². The molecule has 150 valence electrons. The van der Waals surface area contributed by atoms with E-state index in [-0.39, 0.29) is 18.0 Å². The number of aromatic nitrogens is 1. The number of thiazole rings is 1. The first-order valence-electron chi connectivity index (χ1n) is 9.25. The number of hydrogen-bond donors (Lipinski definition) is 4. The van der Waals surface area contributed by atoms with Crippen LogP contribution >= 0.6 is 22.9 Å². The lowest BCUT2D eigenvalue weighted by Crippen LogP contribution is -2.39. The van der Waals surface area contributed by atoms with Gasteiger partial charge in [-0.15, -0.1) is 0 Å². The molecular weight excluding hydrogens is 410 g/mol. The minimum atomic E-state index is -0.273. The van der Waals surface area contributed by atoms with Gasteiger partial charge in [-0.05, 0) is 49.7 Å². The molecule has 3 amide bonds. The second kappa shape index (κ2) is 8.36. The Morgan fingerprint density at radius 1 is 1.24 bits per heavy atom. The number of carbonyl (C=O) groups excluding carboxylic acids is 2. The standard InChI is InChI=1S/C20H20ClN5O2S/c1-11-3-2-4-14(21)17(11)25-18(27)12-5-6-15-16(9-12)29-20(24-15)26-19(28)23-13-7-8-22-10-13/h2-6,9,13,22H,7-8,10H2,1H3,(H,25,27)(H2,23,24,26,28). The van der Waals surface area contributed by atoms with Crippen LogP contribution in [0.3, 0.4) is 0 Å². The number of para-hydroxylation sites is 1. The summed E-state index contributed by atoms with van der Waals surface area (Å²) in [6, 6.07) is 10.6. The minimum absolute atomic E-state index is 0.132. The highest BCUT2D eigenvalue weighted by Crippen LogP contribution is 2.29. The van der Waals surface area contributed by atoms with E-state index in [4.69, 9.17) is 11.6 Å². The molecule has 4 N–H and O–H groups in total. The van der Waals surface area contributed by atoms with E-state index < -0.39 is 0 Å². The second-order valence-corrected chi connectivity index (χ2v) is 8.31. The third kappa shape index (κ3) is 4.50. The third-order valence-electron chi connectivity index (χ3n) is 4.73. The fourth-order valence-corrected chi connectivity index (χ4v) is 4.36. The number of aryl methyl sites for hydroxylation is 1. The van der Waals surface area contributed by atoms with Gasteiger partial charge in [0, 0.05) is 18.2 Å². The molecular formula is C20H20ClN5O2S. The summed E-state index contributed by atoms with van der Waals surface area (Å²) in [6.45, 7) is 3.57. The molecule has 1 atom stereocenters. The van der Waals surface area contributed by atoms with E-state index in [1.165, 1.54) is 11.3 Å². The number of rotatable bonds is 4. The molecule has 1 aliphatic heterocycles. The monoisotopic (exact) mass is 429 g/mol. The highest BCUT2D eigenvalue weighted by Gasteiger charge is 2.18. The van der Waals surface area contributed by atoms with Crippen molar-refractivity contribution in [2.75, 3.05) is 23.7 Å². The summed E-state index contributed by atoms with van der Waals surface area (Å²) in [7, 11) is 0. The Kier molecular flexibility index (Phi) is 5.66. The molecule has 1 aromatic heterocycles. The predicted molar refractivity (Wildman–Crippen MR) is 117 cm³/mol. The van der Waals surface area contributed by atoms with E-state index in [1.807, 2.05) is 19.1 Å². The lowest BCUT2D eigenvalue weighted by atomic mass is 10.1. The first kappa shape index (κ1) is 19.6. The van der Waals surface area contributed by atoms with Crippen LogP contribution in [0.15, 0.2) is 36.4 Å². The summed E-state index contributed by atoms with van der Waals surface area (Å²) >= 11 is 7.52. The molecule has 0 radical (unpaired) electrons. The zero-order valence-corrected chi connectivity index (χ0v) is 17.3. The largest absolute Gasteiger partial charge is 0.334 e. The summed E-state index contributed by atoms with van der Waals surface area (Å²) < 4.78 is 0.811. The van der Waals surface area contributed by atoms with Crippen molar-refractivity contribution in [3.05, 3.63) is 52.5 Å². The zero-order valence-electron chi connectivity index (χ0n) is 15.7. The van der Waals surface area contributed by atoms with Gasteiger partial charge >= 0.3 is 6.03 Å². The summed E-state index contributed by atoms with van der Waals surface area (Å²) in [5.74, 6) is -0.252. The van der Waals surface area contributed by atoms with Crippen molar-refractivity contribution in [3.63, 3.8) is 0 Å². The number of fused-ring (bicyclic) bond motifs is 1. The van der Waals surface area contributed by atoms with Crippen LogP contribution < -0.4 is 21.3 Å². The van der Waals surface area contributed by atoms with Crippen molar-refractivity contribution in [1.29, 1.82) is 0 Å². The van der Waals surface area contributed by atoms with E-state index in [0.717, 1.165) is 35.3 Å². The number of nitrogens with zero attached hydrogens (tertiary/aromatic N) is 1. The minimum Gasteiger partial charge on any atom is -0.334 e. The van der Waals surface area contributed by atoms with Crippen LogP contribution in [-0.2, 0) is 0 Å². The van der Waals surface area contributed by atoms with Gasteiger partial charge in [-0.2, -0.15) is 0 Å². The average molecular weight is 430 g/mol. The molecule has 2 aromatic carbocycles. The van der Waals surface area contributed by atoms with Gasteiger partial charge in [-0.1, -0.05) is 35.1 Å². The molecule has 0 saturated carbocycles. The van der Waals surface area contributed by atoms with Crippen molar-refractivity contribution >= 4 is 55.9 Å². The number of benzene rings is 2. The molecule has 3 aromatic rings. The maximum absolute atomic E-state index is 12.7. The first-order valence-corrected chi connectivity index (χ1v) is 10.4. The fraction of sp³-hybridized carbons (Fsp3) is 0.250. The highest BCUT2D eigenvalue weighted by molar-refractivity contribution is 7.22. The molecule has 1 aliphatic rings. The Balaban J connectivity index is 1.47. The predicted octanol–water partition coefficient (Wildman–Crippen LogP) is 3.99. The second-order valence-electron chi connectivity index (χ2n) is 6.88. The van der Waals surface area contributed by atoms with Crippen molar-refractivity contribution in [2.45, 2.75) is 19.4 Å². The molecule has 29 heavy (non-hydrogen) atoms. The number of anilines is 2. The molecule has 4 rings (SSSR count). The van der Waals surface area contributed by atoms with Gasteiger partial charge in [-0.25, -0.2) is 9.78 Å². The highest BCUT2D eigenvalue weighted by atomic mass is 35.5. The van der Waals surface area contributed by atoms with Crippen molar-refractivity contribution in [3.8, 4) is 0 Å². The van der Waals surface area contributed by atoms with Gasteiger partial charge < -0.3 is 16.0 Å². The number of nitrogens with one attached hydrogen (secondary N) is 4. The third-order valence-corrected chi connectivity index (χ3v) is 5.98. The maximum atomic E-state index is 12.7. The topological polar surface area (TPSA) is 95.2 Å². The van der Waals surface area contributed by atoms with Crippen LogP contribution in [0.5, 0.6) is 0 Å². The molecule has 0 aliphatic carbocycles. The molecule has 9 heteroatoms. The van der Waals surface area contributed by atoms with Gasteiger partial charge in [0.2, 0.25) is 0 Å². The Morgan fingerprint density at radius 2 is 2.10 bits per heavy atom. The Labute approximate surface area is 176 Å². The lowest BCUT2D eigenvalue weighted by molar-refractivity contribution is 0.102. The molecule has 1 unspecified atom stereocenters. The average Bonchev–Trinajstić information content (AvgIpc) is 3.33. The number of carbonyl (C=O) groups is 2. The van der Waals surface area contributed by atoms with Gasteiger partial charge in [0.15, 0.2) is 5.13 Å². The quantitative estimate of drug-likeness (QED) is 0.504. The van der Waals surface area contributed by atoms with Crippen LogP contribution in [0.2, 0.25) is 5.02 Å². The molecule has 1 saturated heterocycles. The zero-order chi connectivity index (χ0) is 20.4. The van der Waals surface area contributed by atoms with Crippen molar-refractivity contribution in [1.82, 2.24) is 15.6 Å². The van der Waals surface area contributed by atoms with Gasteiger partial charge in [0.25, 0.3) is 5.91 Å². The summed E-state index contributed by atoms with van der Waals surface area (Å²) in [6.07, 6.45) is 0.913. The molecule has 7 nitrogen and oxygen atoms in total. The normalized spacial score (nSPS) is 16.0. The number of amides is 3. The first-order chi connectivity index (χ1) is 14.0. The van der Waals surface area contributed by atoms with E-state index in [9.17, 15) is 9.59 Å². The summed E-state index contributed by atoms with van der Waals surface area (Å²) in [4.78, 5) is 29.2. The SMILES string of the molecule is Cc1cccc(Cl)c1NC(=O)c1ccc2nc(NC(=O)NC3CCNC3)sc2c1. The smallest absolute Gasteiger partial charge is 0.321 e. The molecule has 1 fully saturated rings. The van der Waals surface area contributed by atoms with Crippen LogP contribution in [0, 0.1) is 6.92 Å². The van der Waals surface area contributed by atoms with Gasteiger partial charge in [0.1, 0.15) is 0 Å². The van der Waals surface area contributed by atoms with Crippen molar-refractivity contribution in [2.24, 2.45) is 0 Å².